The molecule has 2 N–H and O–H groups in total. The molecule has 4 heteroatoms. The maximum atomic E-state index is 10.4. The van der Waals surface area contributed by atoms with Crippen molar-refractivity contribution in [2.75, 3.05) is 6.54 Å². The lowest BCUT2D eigenvalue weighted by molar-refractivity contribution is -0.129. The molecule has 0 fully saturated rings. The monoisotopic (exact) mass is 214 g/mol. The Morgan fingerprint density at radius 2 is 2.00 bits per heavy atom. The molecule has 0 amide bonds. The second-order valence-corrected chi connectivity index (χ2v) is 4.43. The lowest BCUT2D eigenvalue weighted by Gasteiger charge is -2.13. The van der Waals surface area contributed by atoms with Crippen LogP contribution in [0.2, 0.25) is 0 Å². The molecule has 1 unspecified atom stereocenters. The summed E-state index contributed by atoms with van der Waals surface area (Å²) in [6.45, 7) is 8.83. The smallest absolute Gasteiger partial charge is 0.351 e. The summed E-state index contributed by atoms with van der Waals surface area (Å²) >= 11 is 0. The quantitative estimate of drug-likeness (QED) is 0.387. The summed E-state index contributed by atoms with van der Waals surface area (Å²) in [6, 6.07) is 0. The summed E-state index contributed by atoms with van der Waals surface area (Å²) in [5.41, 5.74) is 2.88. The minimum Gasteiger partial charge on any atom is -0.477 e. The largest absolute Gasteiger partial charge is 0.477 e. The van der Waals surface area contributed by atoms with E-state index in [-0.39, 0.29) is 5.71 Å². The summed E-state index contributed by atoms with van der Waals surface area (Å²) in [7, 11) is 0. The fourth-order valence-electron chi connectivity index (χ4n) is 1.46. The highest BCUT2D eigenvalue weighted by molar-refractivity contribution is 6.34. The van der Waals surface area contributed by atoms with Crippen molar-refractivity contribution in [1.29, 1.82) is 0 Å². The van der Waals surface area contributed by atoms with Crippen LogP contribution in [0.15, 0.2) is 5.10 Å². The maximum Gasteiger partial charge on any atom is 0.351 e. The fourth-order valence-corrected chi connectivity index (χ4v) is 1.46. The number of hydrazone groups is 1. The van der Waals surface area contributed by atoms with E-state index >= 15 is 0 Å². The van der Waals surface area contributed by atoms with Crippen LogP contribution in [0.5, 0.6) is 0 Å². The van der Waals surface area contributed by atoms with Crippen LogP contribution in [0.1, 0.15) is 40.5 Å². The van der Waals surface area contributed by atoms with Gasteiger partial charge in [-0.2, -0.15) is 5.10 Å². The molecule has 0 aromatic heterocycles. The number of rotatable bonds is 7. The van der Waals surface area contributed by atoms with Crippen molar-refractivity contribution in [2.45, 2.75) is 40.5 Å². The van der Waals surface area contributed by atoms with Crippen LogP contribution in [0.4, 0.5) is 0 Å². The van der Waals surface area contributed by atoms with Crippen LogP contribution >= 0.6 is 0 Å². The number of hydrogen-bond donors (Lipinski definition) is 2. The van der Waals surface area contributed by atoms with Gasteiger partial charge in [0.15, 0.2) is 0 Å². The van der Waals surface area contributed by atoms with Gasteiger partial charge in [-0.1, -0.05) is 20.8 Å². The van der Waals surface area contributed by atoms with Gasteiger partial charge in [0.1, 0.15) is 5.71 Å². The third-order valence-electron chi connectivity index (χ3n) is 2.18. The molecule has 0 bridgehead atoms. The predicted molar refractivity (Wildman–Crippen MR) is 62.0 cm³/mol. The van der Waals surface area contributed by atoms with Crippen molar-refractivity contribution < 1.29 is 9.90 Å². The molecule has 0 saturated carbocycles. The van der Waals surface area contributed by atoms with Gasteiger partial charge in [-0.3, -0.25) is 0 Å². The molecular formula is C11H22N2O2. The first-order valence-corrected chi connectivity index (χ1v) is 5.44. The first-order valence-electron chi connectivity index (χ1n) is 5.44. The Kier molecular flexibility index (Phi) is 6.75. The summed E-state index contributed by atoms with van der Waals surface area (Å²) in [4.78, 5) is 10.4. The Hall–Kier alpha value is -1.06. The van der Waals surface area contributed by atoms with Crippen LogP contribution in [-0.4, -0.2) is 23.3 Å². The Labute approximate surface area is 91.8 Å². The number of nitrogens with one attached hydrogen (secondary N) is 1. The molecule has 15 heavy (non-hydrogen) atoms. The van der Waals surface area contributed by atoms with Gasteiger partial charge in [0.2, 0.25) is 0 Å². The van der Waals surface area contributed by atoms with Crippen LogP contribution in [0, 0.1) is 11.8 Å². The Morgan fingerprint density at radius 1 is 1.40 bits per heavy atom. The summed E-state index contributed by atoms with van der Waals surface area (Å²) in [5.74, 6) is 0.389. The van der Waals surface area contributed by atoms with E-state index in [9.17, 15) is 4.79 Å². The number of carboxylic acid groups (broad SMARTS) is 1. The maximum absolute atomic E-state index is 10.4. The van der Waals surface area contributed by atoms with E-state index in [1.807, 2.05) is 0 Å². The molecule has 0 heterocycles. The van der Waals surface area contributed by atoms with Crippen molar-refractivity contribution in [2.24, 2.45) is 16.9 Å². The average molecular weight is 214 g/mol. The van der Waals surface area contributed by atoms with E-state index < -0.39 is 5.97 Å². The highest BCUT2D eigenvalue weighted by atomic mass is 16.4. The van der Waals surface area contributed by atoms with Gasteiger partial charge in [-0.15, -0.1) is 0 Å². The van der Waals surface area contributed by atoms with Crippen LogP contribution in [0.25, 0.3) is 0 Å². The number of carboxylic acids is 1. The number of hydrogen-bond acceptors (Lipinski definition) is 3. The average Bonchev–Trinajstić information content (AvgIpc) is 2.10. The highest BCUT2D eigenvalue weighted by Gasteiger charge is 2.04. The standard InChI is InChI=1S/C11H22N2O2/c1-8(2)7-9(3)5-6-12-13-10(4)11(14)15/h8-9,12H,5-7H2,1-4H3,(H,14,15)/b13-10+. The third-order valence-corrected chi connectivity index (χ3v) is 2.18. The first kappa shape index (κ1) is 13.9. The van der Waals surface area contributed by atoms with E-state index in [0.717, 1.165) is 13.0 Å². The highest BCUT2D eigenvalue weighted by Crippen LogP contribution is 2.13. The summed E-state index contributed by atoms with van der Waals surface area (Å²) in [5, 5.41) is 12.3. The van der Waals surface area contributed by atoms with E-state index in [1.54, 1.807) is 0 Å². The molecule has 0 aliphatic heterocycles. The molecule has 0 aromatic carbocycles. The SMILES string of the molecule is C/C(=N\NCCC(C)CC(C)C)C(=O)O. The number of carbonyl (C=O) groups is 1. The molecule has 0 saturated heterocycles. The Balaban J connectivity index is 3.62. The number of nitrogens with zero attached hydrogens (tertiary/aromatic N) is 1. The molecule has 0 rings (SSSR count). The Bertz CT molecular complexity index is 225. The van der Waals surface area contributed by atoms with Crippen LogP contribution in [0.3, 0.4) is 0 Å². The van der Waals surface area contributed by atoms with E-state index in [4.69, 9.17) is 5.11 Å². The Morgan fingerprint density at radius 3 is 2.47 bits per heavy atom. The molecule has 0 spiro atoms. The van der Waals surface area contributed by atoms with Gasteiger partial charge in [0.05, 0.1) is 0 Å². The molecule has 0 aliphatic rings. The molecule has 0 aliphatic carbocycles. The molecule has 0 aromatic rings. The minimum atomic E-state index is -0.974. The zero-order chi connectivity index (χ0) is 11.8. The van der Waals surface area contributed by atoms with E-state index in [2.05, 4.69) is 31.3 Å². The van der Waals surface area contributed by atoms with Gasteiger partial charge < -0.3 is 10.5 Å². The molecule has 4 nitrogen and oxygen atoms in total. The van der Waals surface area contributed by atoms with Gasteiger partial charge in [0.25, 0.3) is 0 Å². The normalized spacial score (nSPS) is 14.1. The van der Waals surface area contributed by atoms with E-state index in [1.165, 1.54) is 13.3 Å². The van der Waals surface area contributed by atoms with Crippen molar-refractivity contribution >= 4 is 11.7 Å². The molecular weight excluding hydrogens is 192 g/mol. The van der Waals surface area contributed by atoms with E-state index in [0.29, 0.717) is 11.8 Å². The topological polar surface area (TPSA) is 61.7 Å². The van der Waals surface area contributed by atoms with Gasteiger partial charge >= 0.3 is 5.97 Å². The first-order chi connectivity index (χ1) is 6.93. The summed E-state index contributed by atoms with van der Waals surface area (Å²) < 4.78 is 0. The number of aliphatic carboxylic acids is 1. The molecule has 88 valence electrons. The third kappa shape index (κ3) is 7.97. The van der Waals surface area contributed by atoms with Gasteiger partial charge in [-0.25, -0.2) is 4.79 Å². The van der Waals surface area contributed by atoms with Crippen molar-refractivity contribution in [3.05, 3.63) is 0 Å². The van der Waals surface area contributed by atoms with Crippen molar-refractivity contribution in [3.8, 4) is 0 Å². The zero-order valence-electron chi connectivity index (χ0n) is 10.1. The second-order valence-electron chi connectivity index (χ2n) is 4.43. The molecule has 0 radical (unpaired) electrons. The zero-order valence-corrected chi connectivity index (χ0v) is 10.1. The predicted octanol–water partition coefficient (Wildman–Crippen LogP) is 2.11. The van der Waals surface area contributed by atoms with Crippen LogP contribution in [-0.2, 0) is 4.79 Å². The van der Waals surface area contributed by atoms with Gasteiger partial charge in [0, 0.05) is 6.54 Å². The van der Waals surface area contributed by atoms with Crippen LogP contribution < -0.4 is 5.43 Å². The molecule has 1 atom stereocenters. The lowest BCUT2D eigenvalue weighted by atomic mass is 9.96. The minimum absolute atomic E-state index is 0.103. The van der Waals surface area contributed by atoms with Gasteiger partial charge in [-0.05, 0) is 31.6 Å². The fraction of sp³-hybridized carbons (Fsp3) is 0.818. The second kappa shape index (κ2) is 7.26. The lowest BCUT2D eigenvalue weighted by Crippen LogP contribution is -2.17. The summed E-state index contributed by atoms with van der Waals surface area (Å²) in [6.07, 6.45) is 2.22. The van der Waals surface area contributed by atoms with Crippen molar-refractivity contribution in [3.63, 3.8) is 0 Å². The van der Waals surface area contributed by atoms with Crippen molar-refractivity contribution in [1.82, 2.24) is 5.43 Å².